The molecule has 2 atom stereocenters. The molecule has 0 fully saturated rings. The predicted molar refractivity (Wildman–Crippen MR) is 191 cm³/mol. The lowest BCUT2D eigenvalue weighted by Gasteiger charge is -2.39. The zero-order chi connectivity index (χ0) is 31.6. The van der Waals surface area contributed by atoms with E-state index in [-0.39, 0.29) is 10.8 Å². The molecule has 2 unspecified atom stereocenters. The Kier molecular flexibility index (Phi) is 7.64. The molecule has 0 bridgehead atoms. The molecule has 0 spiro atoms. The Balaban J connectivity index is 1.46. The van der Waals surface area contributed by atoms with Gasteiger partial charge in [0.1, 0.15) is 0 Å². The molecule has 0 aliphatic heterocycles. The van der Waals surface area contributed by atoms with Crippen LogP contribution in [0.15, 0.2) is 72.8 Å². The van der Waals surface area contributed by atoms with Crippen LogP contribution >= 0.6 is 0 Å². The van der Waals surface area contributed by atoms with E-state index in [0.29, 0.717) is 0 Å². The topological polar surface area (TPSA) is 0 Å². The normalized spacial score (nSPS) is 23.1. The molecule has 0 aromatic heterocycles. The highest BCUT2D eigenvalue weighted by Crippen LogP contribution is 2.50. The smallest absolute Gasteiger partial charge is 0.0184 e. The molecule has 0 amide bonds. The second-order valence-electron chi connectivity index (χ2n) is 14.6. The van der Waals surface area contributed by atoms with E-state index in [1.54, 1.807) is 0 Å². The molecule has 0 heteroatoms. The monoisotopic (exact) mass is 578 g/mol. The van der Waals surface area contributed by atoms with Gasteiger partial charge in [0.05, 0.1) is 0 Å². The molecule has 4 aromatic rings. The number of hydrogen-bond acceptors (Lipinski definition) is 0. The molecule has 226 valence electrons. The molecule has 0 nitrogen and oxygen atoms in total. The summed E-state index contributed by atoms with van der Waals surface area (Å²) in [5.41, 5.74) is 22.7. The van der Waals surface area contributed by atoms with Crippen molar-refractivity contribution in [2.24, 2.45) is 0 Å². The van der Waals surface area contributed by atoms with Gasteiger partial charge in [0.25, 0.3) is 0 Å². The highest BCUT2D eigenvalue weighted by molar-refractivity contribution is 5.80. The summed E-state index contributed by atoms with van der Waals surface area (Å²) in [5, 5.41) is 0. The molecular weight excluding hydrogens is 528 g/mol. The number of hydrogen-bond donors (Lipinski definition) is 0. The molecule has 0 N–H and O–H groups in total. The third kappa shape index (κ3) is 5.01. The average Bonchev–Trinajstić information content (AvgIpc) is 2.98. The van der Waals surface area contributed by atoms with Gasteiger partial charge in [0.15, 0.2) is 0 Å². The van der Waals surface area contributed by atoms with E-state index in [1.165, 1.54) is 89.0 Å². The van der Waals surface area contributed by atoms with Gasteiger partial charge in [-0.25, -0.2) is 0 Å². The summed E-state index contributed by atoms with van der Waals surface area (Å²) in [6, 6.07) is 24.1. The maximum absolute atomic E-state index is 2.48. The maximum Gasteiger partial charge on any atom is 0.0184 e. The van der Waals surface area contributed by atoms with Crippen LogP contribution in [-0.4, -0.2) is 0 Å². The minimum absolute atomic E-state index is 0.0107. The van der Waals surface area contributed by atoms with Gasteiger partial charge >= 0.3 is 0 Å². The summed E-state index contributed by atoms with van der Waals surface area (Å²) < 4.78 is 0. The molecule has 0 heterocycles. The van der Waals surface area contributed by atoms with E-state index in [0.717, 1.165) is 25.7 Å². The van der Waals surface area contributed by atoms with Gasteiger partial charge in [-0.2, -0.15) is 0 Å². The van der Waals surface area contributed by atoms with E-state index in [1.807, 2.05) is 0 Å². The Labute approximate surface area is 267 Å². The second-order valence-corrected chi connectivity index (χ2v) is 14.6. The summed E-state index contributed by atoms with van der Waals surface area (Å²) in [6.45, 7) is 22.9. The van der Waals surface area contributed by atoms with E-state index in [4.69, 9.17) is 0 Å². The summed E-state index contributed by atoms with van der Waals surface area (Å²) in [4.78, 5) is 0. The van der Waals surface area contributed by atoms with Crippen LogP contribution in [0.1, 0.15) is 117 Å². The quantitative estimate of drug-likeness (QED) is 0.227. The summed E-state index contributed by atoms with van der Waals surface area (Å²) >= 11 is 0. The lowest BCUT2D eigenvalue weighted by Crippen LogP contribution is -2.29. The standard InChI is InChI=1S/C44H50/c1-27-11-15-37(21-29(27)3)43(9)19-17-35(39-23-31(5)33(7)25-41(39)43)13-14-36-18-20-44(10,38-16-12-28(2)30(4)22-38)42-26-34(8)32(6)24-40(36)42/h11-16,21-26H,17-20H2,1-10H3/b35-13+,36-14+. The number of allylic oxidation sites excluding steroid dienone is 4. The van der Waals surface area contributed by atoms with Crippen molar-refractivity contribution < 1.29 is 0 Å². The van der Waals surface area contributed by atoms with Crippen molar-refractivity contribution in [2.75, 3.05) is 0 Å². The number of benzene rings is 4. The average molecular weight is 579 g/mol. The highest BCUT2D eigenvalue weighted by atomic mass is 14.4. The molecule has 2 aliphatic carbocycles. The first-order valence-electron chi connectivity index (χ1n) is 16.6. The van der Waals surface area contributed by atoms with Crippen LogP contribution in [0.4, 0.5) is 0 Å². The fourth-order valence-corrected chi connectivity index (χ4v) is 7.70. The molecular formula is C44H50. The largest absolute Gasteiger partial charge is 0.0588 e. The lowest BCUT2D eigenvalue weighted by molar-refractivity contribution is 0.512. The summed E-state index contributed by atoms with van der Waals surface area (Å²) in [7, 11) is 0. The van der Waals surface area contributed by atoms with Crippen LogP contribution in [0.25, 0.3) is 11.1 Å². The van der Waals surface area contributed by atoms with Gasteiger partial charge in [0, 0.05) is 10.8 Å². The molecule has 6 rings (SSSR count). The van der Waals surface area contributed by atoms with Gasteiger partial charge in [-0.05, 0) is 170 Å². The molecule has 0 radical (unpaired) electrons. The third-order valence-corrected chi connectivity index (χ3v) is 11.7. The molecule has 0 saturated heterocycles. The van der Waals surface area contributed by atoms with Crippen LogP contribution in [0.5, 0.6) is 0 Å². The van der Waals surface area contributed by atoms with Gasteiger partial charge in [-0.3, -0.25) is 0 Å². The van der Waals surface area contributed by atoms with Gasteiger partial charge < -0.3 is 0 Å². The van der Waals surface area contributed by atoms with Crippen molar-refractivity contribution in [1.82, 2.24) is 0 Å². The minimum Gasteiger partial charge on any atom is -0.0588 e. The predicted octanol–water partition coefficient (Wildman–Crippen LogP) is 11.8. The number of rotatable bonds is 3. The van der Waals surface area contributed by atoms with Crippen molar-refractivity contribution in [3.05, 3.63) is 151 Å². The summed E-state index contributed by atoms with van der Waals surface area (Å²) in [6.07, 6.45) is 9.37. The Morgan fingerprint density at radius 1 is 0.432 bits per heavy atom. The minimum atomic E-state index is 0.0107. The zero-order valence-corrected chi connectivity index (χ0v) is 28.8. The fraction of sp³-hybridized carbons (Fsp3) is 0.364. The van der Waals surface area contributed by atoms with Crippen molar-refractivity contribution in [1.29, 1.82) is 0 Å². The van der Waals surface area contributed by atoms with E-state index >= 15 is 0 Å². The first kappa shape index (κ1) is 30.4. The first-order chi connectivity index (χ1) is 20.8. The Hall–Kier alpha value is -3.64. The third-order valence-electron chi connectivity index (χ3n) is 11.7. The Bertz CT molecular complexity index is 1720. The van der Waals surface area contributed by atoms with Crippen LogP contribution in [0, 0.1) is 55.4 Å². The zero-order valence-electron chi connectivity index (χ0n) is 28.8. The molecule has 4 aromatic carbocycles. The first-order valence-corrected chi connectivity index (χ1v) is 16.6. The van der Waals surface area contributed by atoms with Gasteiger partial charge in [-0.1, -0.05) is 86.7 Å². The van der Waals surface area contributed by atoms with Crippen molar-refractivity contribution in [2.45, 2.75) is 106 Å². The van der Waals surface area contributed by atoms with Crippen LogP contribution in [0.2, 0.25) is 0 Å². The van der Waals surface area contributed by atoms with Gasteiger partial charge in [-0.15, -0.1) is 0 Å². The second kappa shape index (κ2) is 11.1. The van der Waals surface area contributed by atoms with E-state index < -0.39 is 0 Å². The highest BCUT2D eigenvalue weighted by Gasteiger charge is 2.37. The van der Waals surface area contributed by atoms with Crippen molar-refractivity contribution in [3.63, 3.8) is 0 Å². The number of aryl methyl sites for hydroxylation is 8. The fourth-order valence-electron chi connectivity index (χ4n) is 7.70. The van der Waals surface area contributed by atoms with Crippen LogP contribution in [-0.2, 0) is 10.8 Å². The van der Waals surface area contributed by atoms with E-state index in [2.05, 4.69) is 142 Å². The molecule has 44 heavy (non-hydrogen) atoms. The SMILES string of the molecule is Cc1ccc(C2(C)CC/C(=C\C=C3/CCC(C)(c4ccc(C)c(C)c4)c4cc(C)c(C)cc43)c3cc(C)c(C)cc32)cc1C. The Morgan fingerprint density at radius 3 is 1.14 bits per heavy atom. The van der Waals surface area contributed by atoms with Crippen LogP contribution in [0.3, 0.4) is 0 Å². The molecule has 0 saturated carbocycles. The number of fused-ring (bicyclic) bond motifs is 2. The maximum atomic E-state index is 2.48. The lowest BCUT2D eigenvalue weighted by atomic mass is 9.64. The van der Waals surface area contributed by atoms with Crippen molar-refractivity contribution in [3.8, 4) is 0 Å². The Morgan fingerprint density at radius 2 is 0.773 bits per heavy atom. The summed E-state index contributed by atoms with van der Waals surface area (Å²) in [5.74, 6) is 0. The van der Waals surface area contributed by atoms with E-state index in [9.17, 15) is 0 Å². The molecule has 2 aliphatic rings. The van der Waals surface area contributed by atoms with Crippen molar-refractivity contribution >= 4 is 11.1 Å². The van der Waals surface area contributed by atoms with Gasteiger partial charge in [0.2, 0.25) is 0 Å². The van der Waals surface area contributed by atoms with Crippen LogP contribution < -0.4 is 0 Å².